The highest BCUT2D eigenvalue weighted by Gasteiger charge is 2.17. The summed E-state index contributed by atoms with van der Waals surface area (Å²) in [6, 6.07) is 9.43. The topological polar surface area (TPSA) is 71.8 Å². The summed E-state index contributed by atoms with van der Waals surface area (Å²) in [6.07, 6.45) is 3.93. The Hall–Kier alpha value is -2.81. The second-order valence-electron chi connectivity index (χ2n) is 4.62. The maximum Gasteiger partial charge on any atom is 0.208 e. The third-order valence-corrected chi connectivity index (χ3v) is 3.25. The third kappa shape index (κ3) is 2.72. The normalized spacial score (nSPS) is 13.7. The van der Waals surface area contributed by atoms with Gasteiger partial charge in [0.1, 0.15) is 11.4 Å². The van der Waals surface area contributed by atoms with E-state index in [4.69, 9.17) is 5.26 Å². The Morgan fingerprint density at radius 2 is 1.95 bits per heavy atom. The van der Waals surface area contributed by atoms with E-state index < -0.39 is 0 Å². The molecule has 1 aliphatic rings. The first-order valence-corrected chi connectivity index (χ1v) is 6.68. The molecule has 1 N–H and O–H groups in total. The minimum absolute atomic E-state index is 0.596. The molecule has 0 aliphatic carbocycles. The van der Waals surface area contributed by atoms with E-state index in [9.17, 15) is 0 Å². The zero-order chi connectivity index (χ0) is 14.7. The standard InChI is InChI=1S/C15H14N6/c1-2-20-7-8-21(11-20)10-14-15(18-19-17-14)13-5-3-12(9-16)4-6-13/h3-8H,2,10H2,1H3,(H,17,18,19). The average molecular weight is 278 g/mol. The molecule has 0 fully saturated rings. The fraction of sp³-hybridized carbons (Fsp3) is 0.200. The summed E-state index contributed by atoms with van der Waals surface area (Å²) in [4.78, 5) is 3.91. The molecule has 0 saturated carbocycles. The van der Waals surface area contributed by atoms with E-state index in [1.165, 1.54) is 0 Å². The van der Waals surface area contributed by atoms with Gasteiger partial charge in [0.15, 0.2) is 0 Å². The summed E-state index contributed by atoms with van der Waals surface area (Å²) in [6.45, 7) is 6.75. The number of nitrogens with zero attached hydrogens (tertiary/aromatic N) is 5. The maximum atomic E-state index is 8.84. The van der Waals surface area contributed by atoms with Gasteiger partial charge < -0.3 is 9.80 Å². The first-order chi connectivity index (χ1) is 10.3. The van der Waals surface area contributed by atoms with Gasteiger partial charge in [0.2, 0.25) is 6.67 Å². The Balaban J connectivity index is 1.78. The number of aromatic amines is 1. The van der Waals surface area contributed by atoms with Crippen molar-refractivity contribution in [2.45, 2.75) is 13.5 Å². The van der Waals surface area contributed by atoms with Crippen LogP contribution in [0.2, 0.25) is 0 Å². The van der Waals surface area contributed by atoms with Gasteiger partial charge in [0.05, 0.1) is 18.2 Å². The van der Waals surface area contributed by atoms with Crippen LogP contribution in [-0.2, 0) is 6.54 Å². The fourth-order valence-electron chi connectivity index (χ4n) is 2.11. The molecule has 0 bridgehead atoms. The van der Waals surface area contributed by atoms with Gasteiger partial charge in [-0.3, -0.25) is 0 Å². The summed E-state index contributed by atoms with van der Waals surface area (Å²) in [7, 11) is 0. The Kier molecular flexibility index (Phi) is 3.56. The molecule has 0 spiro atoms. The van der Waals surface area contributed by atoms with E-state index in [1.807, 2.05) is 34.3 Å². The number of H-pyrrole nitrogens is 1. The number of aromatic nitrogens is 3. The van der Waals surface area contributed by atoms with Crippen molar-refractivity contribution in [3.63, 3.8) is 0 Å². The van der Waals surface area contributed by atoms with Gasteiger partial charge >= 0.3 is 0 Å². The fourth-order valence-corrected chi connectivity index (χ4v) is 2.11. The lowest BCUT2D eigenvalue weighted by molar-refractivity contribution is 0.346. The number of rotatable bonds is 4. The molecule has 3 rings (SSSR count). The van der Waals surface area contributed by atoms with E-state index >= 15 is 0 Å². The SMILES string of the molecule is CCN1[C]N(Cc2n[nH]nc2-c2ccc(C#N)cc2)C=C1. The van der Waals surface area contributed by atoms with Gasteiger partial charge in [-0.05, 0) is 19.1 Å². The first-order valence-electron chi connectivity index (χ1n) is 6.68. The lowest BCUT2D eigenvalue weighted by atomic mass is 10.1. The molecule has 1 aromatic heterocycles. The molecule has 104 valence electrons. The minimum Gasteiger partial charge on any atom is -0.347 e. The van der Waals surface area contributed by atoms with Gasteiger partial charge in [-0.15, -0.1) is 0 Å². The van der Waals surface area contributed by atoms with Crippen LogP contribution in [0.25, 0.3) is 11.3 Å². The van der Waals surface area contributed by atoms with Gasteiger partial charge in [-0.2, -0.15) is 20.7 Å². The predicted molar refractivity (Wildman–Crippen MR) is 76.8 cm³/mol. The van der Waals surface area contributed by atoms with Gasteiger partial charge in [0, 0.05) is 24.5 Å². The Bertz CT molecular complexity index is 679. The van der Waals surface area contributed by atoms with E-state index in [1.54, 1.807) is 12.1 Å². The van der Waals surface area contributed by atoms with Crippen LogP contribution in [0.5, 0.6) is 0 Å². The number of hydrogen-bond acceptors (Lipinski definition) is 5. The molecule has 0 unspecified atom stereocenters. The molecule has 1 aromatic carbocycles. The van der Waals surface area contributed by atoms with Crippen LogP contribution in [0.4, 0.5) is 0 Å². The molecule has 6 nitrogen and oxygen atoms in total. The second kappa shape index (κ2) is 5.67. The molecule has 2 aromatic rings. The molecule has 21 heavy (non-hydrogen) atoms. The van der Waals surface area contributed by atoms with Crippen molar-refractivity contribution in [1.29, 1.82) is 5.26 Å². The van der Waals surface area contributed by atoms with Crippen molar-refractivity contribution >= 4 is 0 Å². The molecule has 1 aliphatic heterocycles. The monoisotopic (exact) mass is 278 g/mol. The molecule has 0 saturated heterocycles. The highest BCUT2D eigenvalue weighted by atomic mass is 15.4. The summed E-state index contributed by atoms with van der Waals surface area (Å²) < 4.78 is 0. The minimum atomic E-state index is 0.596. The lowest BCUT2D eigenvalue weighted by Crippen LogP contribution is -2.19. The van der Waals surface area contributed by atoms with E-state index in [0.717, 1.165) is 23.5 Å². The third-order valence-electron chi connectivity index (χ3n) is 3.25. The van der Waals surface area contributed by atoms with Crippen LogP contribution in [0, 0.1) is 18.0 Å². The van der Waals surface area contributed by atoms with Gasteiger partial charge in [-0.1, -0.05) is 12.1 Å². The van der Waals surface area contributed by atoms with Crippen LogP contribution < -0.4 is 0 Å². The molecule has 2 radical (unpaired) electrons. The Morgan fingerprint density at radius 3 is 2.62 bits per heavy atom. The summed E-state index contributed by atoms with van der Waals surface area (Å²) in [5, 5.41) is 19.9. The number of benzene rings is 1. The predicted octanol–water partition coefficient (Wildman–Crippen LogP) is 1.95. The first kappa shape index (κ1) is 13.2. The summed E-state index contributed by atoms with van der Waals surface area (Å²) >= 11 is 0. The van der Waals surface area contributed by atoms with Crippen molar-refractivity contribution in [3.8, 4) is 17.3 Å². The van der Waals surface area contributed by atoms with Crippen molar-refractivity contribution in [2.24, 2.45) is 0 Å². The van der Waals surface area contributed by atoms with Crippen molar-refractivity contribution < 1.29 is 0 Å². The van der Waals surface area contributed by atoms with E-state index in [0.29, 0.717) is 12.1 Å². The Labute approximate surface area is 123 Å². The summed E-state index contributed by atoms with van der Waals surface area (Å²) in [5.74, 6) is 0. The number of nitrogens with one attached hydrogen (secondary N) is 1. The van der Waals surface area contributed by atoms with Crippen LogP contribution in [0.3, 0.4) is 0 Å². The zero-order valence-corrected chi connectivity index (χ0v) is 11.6. The van der Waals surface area contributed by atoms with E-state index in [-0.39, 0.29) is 0 Å². The zero-order valence-electron chi connectivity index (χ0n) is 11.6. The van der Waals surface area contributed by atoms with Crippen LogP contribution in [0.15, 0.2) is 36.7 Å². The second-order valence-corrected chi connectivity index (χ2v) is 4.62. The van der Waals surface area contributed by atoms with Crippen molar-refractivity contribution in [2.75, 3.05) is 6.54 Å². The molecule has 6 heteroatoms. The van der Waals surface area contributed by atoms with Crippen LogP contribution >= 0.6 is 0 Å². The van der Waals surface area contributed by atoms with Crippen LogP contribution in [-0.4, -0.2) is 31.8 Å². The molecule has 2 heterocycles. The molecular weight excluding hydrogens is 264 g/mol. The lowest BCUT2D eigenvalue weighted by Gasteiger charge is -2.16. The van der Waals surface area contributed by atoms with Gasteiger partial charge in [0.25, 0.3) is 0 Å². The maximum absolute atomic E-state index is 8.84. The molecular formula is C15H14N6. The average Bonchev–Trinajstić information content (AvgIpc) is 3.17. The Morgan fingerprint density at radius 1 is 1.19 bits per heavy atom. The van der Waals surface area contributed by atoms with Gasteiger partial charge in [-0.25, -0.2) is 0 Å². The summed E-state index contributed by atoms with van der Waals surface area (Å²) in [5.41, 5.74) is 3.21. The highest BCUT2D eigenvalue weighted by molar-refractivity contribution is 5.62. The smallest absolute Gasteiger partial charge is 0.208 e. The number of hydrogen-bond donors (Lipinski definition) is 1. The molecule has 0 amide bonds. The number of nitriles is 1. The largest absolute Gasteiger partial charge is 0.347 e. The van der Waals surface area contributed by atoms with Crippen molar-refractivity contribution in [3.05, 3.63) is 54.6 Å². The van der Waals surface area contributed by atoms with Crippen LogP contribution in [0.1, 0.15) is 18.2 Å². The quantitative estimate of drug-likeness (QED) is 0.925. The van der Waals surface area contributed by atoms with Crippen molar-refractivity contribution in [1.82, 2.24) is 25.2 Å². The highest BCUT2D eigenvalue weighted by Crippen LogP contribution is 2.23. The molecule has 0 atom stereocenters. The van der Waals surface area contributed by atoms with E-state index in [2.05, 4.69) is 35.1 Å².